The Morgan fingerprint density at radius 3 is 1.62 bits per heavy atom. The Kier molecular flexibility index (Phi) is 15.9. The minimum atomic E-state index is -0.682. The van der Waals surface area contributed by atoms with Crippen molar-refractivity contribution < 1.29 is 33.5 Å². The lowest BCUT2D eigenvalue weighted by molar-refractivity contribution is -0.383. The molecule has 0 fully saturated rings. The number of methoxy groups -OCH3 is 2. The molecule has 0 saturated heterocycles. The van der Waals surface area contributed by atoms with Crippen molar-refractivity contribution >= 4 is 57.2 Å². The number of nitrogens with two attached hydrogens (primary N) is 1. The Labute approximate surface area is 339 Å². The van der Waals surface area contributed by atoms with Gasteiger partial charge in [0.05, 0.1) is 27.4 Å². The van der Waals surface area contributed by atoms with E-state index < -0.39 is 16.9 Å². The lowest BCUT2D eigenvalue weighted by Crippen LogP contribution is -2.27. The summed E-state index contributed by atoms with van der Waals surface area (Å²) in [7, 11) is 2.85. The number of esters is 2. The van der Waals surface area contributed by atoms with E-state index in [-0.39, 0.29) is 24.8 Å². The largest absolute Gasteiger partial charge is 0.435 e. The molecule has 0 saturated carbocycles. The summed E-state index contributed by atoms with van der Waals surface area (Å²) in [5.41, 5.74) is 14.6. The van der Waals surface area contributed by atoms with E-state index in [1.165, 1.54) is 49.1 Å². The molecule has 4 aromatic rings. The maximum atomic E-state index is 12.0. The molecule has 0 amide bonds. The van der Waals surface area contributed by atoms with Gasteiger partial charge in [-0.1, -0.05) is 50.3 Å². The van der Waals surface area contributed by atoms with Crippen LogP contribution in [0.3, 0.4) is 0 Å². The van der Waals surface area contributed by atoms with Gasteiger partial charge in [-0.25, -0.2) is 9.59 Å². The van der Waals surface area contributed by atoms with Gasteiger partial charge in [0, 0.05) is 57.8 Å². The van der Waals surface area contributed by atoms with Crippen molar-refractivity contribution in [1.29, 1.82) is 0 Å². The highest BCUT2D eigenvalue weighted by atomic mass is 16.7. The van der Waals surface area contributed by atoms with E-state index in [1.54, 1.807) is 18.2 Å². The molecular weight excluding hydrogens is 741 g/mol. The molecule has 4 aromatic carbocycles. The molecule has 6 rings (SSSR count). The van der Waals surface area contributed by atoms with Crippen LogP contribution in [0.1, 0.15) is 58.5 Å². The summed E-state index contributed by atoms with van der Waals surface area (Å²) in [6.45, 7) is 10.2. The summed E-state index contributed by atoms with van der Waals surface area (Å²) in [6, 6.07) is 25.4. The highest BCUT2D eigenvalue weighted by molar-refractivity contribution is 5.93. The van der Waals surface area contributed by atoms with Crippen molar-refractivity contribution in [2.75, 3.05) is 83.4 Å². The molecule has 58 heavy (non-hydrogen) atoms. The Hall–Kier alpha value is -6.06. The van der Waals surface area contributed by atoms with Crippen LogP contribution in [-0.2, 0) is 18.9 Å². The molecule has 306 valence electrons. The summed E-state index contributed by atoms with van der Waals surface area (Å²) in [5.74, 6) is -1.15. The zero-order valence-electron chi connectivity index (χ0n) is 33.5. The van der Waals surface area contributed by atoms with Crippen LogP contribution >= 0.6 is 0 Å². The zero-order chi connectivity index (χ0) is 41.4. The molecule has 2 aliphatic heterocycles. The number of nitro benzene ring substituents is 1. The smallest absolute Gasteiger partial charge is 0.340 e. The number of likely N-dealkylation sites (N-methyl/N-ethyl adjacent to an activating group) is 2. The van der Waals surface area contributed by atoms with Gasteiger partial charge in [-0.2, -0.15) is 0 Å². The van der Waals surface area contributed by atoms with Gasteiger partial charge in [0.2, 0.25) is 0 Å². The fourth-order valence-corrected chi connectivity index (χ4v) is 6.54. The number of hydrogen-bond acceptors (Lipinski definition) is 13. The number of benzene rings is 4. The second-order valence-electron chi connectivity index (χ2n) is 13.6. The molecule has 0 aliphatic carbocycles. The lowest BCUT2D eigenvalue weighted by atomic mass is 9.99. The molecule has 2 heterocycles. The van der Waals surface area contributed by atoms with Gasteiger partial charge in [-0.3, -0.25) is 19.9 Å². The van der Waals surface area contributed by atoms with Crippen LogP contribution in [-0.4, -0.2) is 93.7 Å². The Bertz CT molecular complexity index is 2120. The number of ether oxygens (including phenoxy) is 4. The number of carbonyl (C=O) groups is 2. The summed E-state index contributed by atoms with van der Waals surface area (Å²) < 4.78 is 19.2. The summed E-state index contributed by atoms with van der Waals surface area (Å²) >= 11 is 0. The number of nitrogens with zero attached hydrogens (tertiary/aromatic N) is 3. The minimum Gasteiger partial charge on any atom is -0.435 e. The third-order valence-electron chi connectivity index (χ3n) is 9.84. The number of hydrogen-bond donors (Lipinski definition) is 3. The highest BCUT2D eigenvalue weighted by Crippen LogP contribution is 2.32. The summed E-state index contributed by atoms with van der Waals surface area (Å²) in [6.07, 6.45) is 6.56. The first kappa shape index (κ1) is 43.1. The van der Waals surface area contributed by atoms with Gasteiger partial charge in [0.25, 0.3) is 5.69 Å². The lowest BCUT2D eigenvalue weighted by Gasteiger charge is -2.25. The number of carbonyl (C=O) groups excluding carboxylic acids is 2. The van der Waals surface area contributed by atoms with E-state index >= 15 is 0 Å². The predicted octanol–water partition coefficient (Wildman–Crippen LogP) is 8.09. The average Bonchev–Trinajstić information content (AvgIpc) is 3.26. The molecule has 4 N–H and O–H groups in total. The first-order valence-corrected chi connectivity index (χ1v) is 19.2. The van der Waals surface area contributed by atoms with E-state index in [2.05, 4.69) is 58.6 Å². The molecule has 2 aliphatic rings. The van der Waals surface area contributed by atoms with Crippen molar-refractivity contribution in [1.82, 2.24) is 9.80 Å². The first-order chi connectivity index (χ1) is 28.1. The van der Waals surface area contributed by atoms with Crippen molar-refractivity contribution in [2.45, 2.75) is 26.7 Å². The van der Waals surface area contributed by atoms with E-state index in [9.17, 15) is 19.7 Å². The van der Waals surface area contributed by atoms with Gasteiger partial charge in [-0.05, 0) is 103 Å². The molecule has 0 bridgehead atoms. The quantitative estimate of drug-likeness (QED) is 0.0347. The van der Waals surface area contributed by atoms with E-state index in [0.717, 1.165) is 74.7 Å². The fourth-order valence-electron chi connectivity index (χ4n) is 6.54. The average molecular weight is 793 g/mol. The molecule has 14 nitrogen and oxygen atoms in total. The molecule has 0 spiro atoms. The van der Waals surface area contributed by atoms with Crippen LogP contribution in [0.15, 0.2) is 97.1 Å². The standard InChI is InChI=1S/C22H25N3O5.C22H27N3O3/c1-3-24-11-9-16(10-12-24)17-5-4-6-19(13-17)23-20-8-7-18(14-21(20)25(27)28)22(26)30-15-29-2;1-3-25-11-9-16(10-12-25)17-5-4-6-19(13-17)24-21-8-7-18(14-20(21)23)22(26)28-15-27-2/h4-9,13-14,23H,3,10-12,15H2,1-2H3;4-9,13-14,24H,3,10-12,15,23H2,1-2H3. The number of nitrogens with one attached hydrogen (secondary N) is 2. The molecular formula is C44H52N6O8. The van der Waals surface area contributed by atoms with Gasteiger partial charge < -0.3 is 35.3 Å². The van der Waals surface area contributed by atoms with Crippen LogP contribution in [0.5, 0.6) is 0 Å². The van der Waals surface area contributed by atoms with Crippen molar-refractivity contribution in [2.24, 2.45) is 0 Å². The van der Waals surface area contributed by atoms with Crippen molar-refractivity contribution in [3.05, 3.63) is 129 Å². The maximum Gasteiger partial charge on any atom is 0.340 e. The van der Waals surface area contributed by atoms with E-state index in [4.69, 9.17) is 24.7 Å². The van der Waals surface area contributed by atoms with Gasteiger partial charge >= 0.3 is 11.9 Å². The van der Waals surface area contributed by atoms with Gasteiger partial charge in [0.15, 0.2) is 13.6 Å². The van der Waals surface area contributed by atoms with Crippen LogP contribution in [0.25, 0.3) is 11.1 Å². The molecule has 0 aromatic heterocycles. The first-order valence-electron chi connectivity index (χ1n) is 19.2. The predicted molar refractivity (Wildman–Crippen MR) is 227 cm³/mol. The fraction of sp³-hybridized carbons (Fsp3) is 0.318. The minimum absolute atomic E-state index is 0.0859. The third-order valence-corrected chi connectivity index (χ3v) is 9.84. The Morgan fingerprint density at radius 1 is 0.707 bits per heavy atom. The Balaban J connectivity index is 0.000000221. The van der Waals surface area contributed by atoms with Crippen LogP contribution in [0, 0.1) is 10.1 Å². The number of anilines is 5. The van der Waals surface area contributed by atoms with Crippen LogP contribution in [0.2, 0.25) is 0 Å². The monoisotopic (exact) mass is 792 g/mol. The van der Waals surface area contributed by atoms with E-state index in [1.807, 2.05) is 36.4 Å². The third kappa shape index (κ3) is 12.0. The number of nitro groups is 1. The topological polar surface area (TPSA) is 171 Å². The molecule has 0 atom stereocenters. The normalized spacial score (nSPS) is 14.3. The summed E-state index contributed by atoms with van der Waals surface area (Å²) in [4.78, 5) is 39.7. The maximum absolute atomic E-state index is 12.0. The SMILES string of the molecule is CCN1CC=C(c2cccc(Nc3ccc(C(=O)OCOC)cc3N)c2)CC1.CCN1CC=C(c2cccc(Nc3ccc(C(=O)OCOC)cc3[N+](=O)[O-])c2)CC1. The van der Waals surface area contributed by atoms with E-state index in [0.29, 0.717) is 16.9 Å². The molecule has 14 heteroatoms. The Morgan fingerprint density at radius 2 is 1.19 bits per heavy atom. The van der Waals surface area contributed by atoms with Crippen LogP contribution < -0.4 is 16.4 Å². The second kappa shape index (κ2) is 21.5. The van der Waals surface area contributed by atoms with Crippen molar-refractivity contribution in [3.8, 4) is 0 Å². The number of nitrogen functional groups attached to an aromatic ring is 1. The van der Waals surface area contributed by atoms with Crippen molar-refractivity contribution in [3.63, 3.8) is 0 Å². The highest BCUT2D eigenvalue weighted by Gasteiger charge is 2.20. The van der Waals surface area contributed by atoms with Gasteiger partial charge in [0.1, 0.15) is 5.69 Å². The summed E-state index contributed by atoms with van der Waals surface area (Å²) in [5, 5.41) is 18.0. The second-order valence-corrected chi connectivity index (χ2v) is 13.6. The number of rotatable bonds is 15. The van der Waals surface area contributed by atoms with Crippen LogP contribution in [0.4, 0.5) is 34.1 Å². The van der Waals surface area contributed by atoms with Gasteiger partial charge in [-0.15, -0.1) is 0 Å². The molecule has 0 unspecified atom stereocenters. The molecule has 0 radical (unpaired) electrons. The zero-order valence-corrected chi connectivity index (χ0v) is 33.5.